The van der Waals surface area contributed by atoms with E-state index in [0.717, 1.165) is 24.9 Å². The van der Waals surface area contributed by atoms with E-state index in [0.29, 0.717) is 6.61 Å². The van der Waals surface area contributed by atoms with E-state index < -0.39 is 6.10 Å². The zero-order chi connectivity index (χ0) is 11.5. The predicted octanol–water partition coefficient (Wildman–Crippen LogP) is 1.75. The van der Waals surface area contributed by atoms with Crippen molar-refractivity contribution in [2.75, 3.05) is 6.61 Å². The maximum atomic E-state index is 10.2. The molecule has 2 heterocycles. The summed E-state index contributed by atoms with van der Waals surface area (Å²) in [6.07, 6.45) is 5.53. The van der Waals surface area contributed by atoms with Gasteiger partial charge in [-0.1, -0.05) is 6.92 Å². The van der Waals surface area contributed by atoms with Gasteiger partial charge in [0.1, 0.15) is 0 Å². The number of aryl methyl sites for hydroxylation is 1. The zero-order valence-corrected chi connectivity index (χ0v) is 9.97. The summed E-state index contributed by atoms with van der Waals surface area (Å²) in [5.41, 5.74) is 0.913. The summed E-state index contributed by atoms with van der Waals surface area (Å²) >= 11 is 0. The molecule has 0 saturated carbocycles. The minimum absolute atomic E-state index is 0.217. The van der Waals surface area contributed by atoms with Crippen LogP contribution >= 0.6 is 0 Å². The number of nitrogens with zero attached hydrogens (tertiary/aromatic N) is 2. The molecule has 0 aromatic carbocycles. The first-order chi connectivity index (χ1) is 7.70. The van der Waals surface area contributed by atoms with E-state index in [1.54, 1.807) is 6.20 Å². The van der Waals surface area contributed by atoms with E-state index in [1.807, 2.05) is 17.8 Å². The van der Waals surface area contributed by atoms with Crippen LogP contribution in [0.5, 0.6) is 0 Å². The largest absolute Gasteiger partial charge is 0.388 e. The lowest BCUT2D eigenvalue weighted by molar-refractivity contribution is 0.0803. The molecular formula is C12H20N2O2. The molecule has 1 aromatic heterocycles. The van der Waals surface area contributed by atoms with E-state index >= 15 is 0 Å². The van der Waals surface area contributed by atoms with Gasteiger partial charge in [-0.15, -0.1) is 0 Å². The van der Waals surface area contributed by atoms with Crippen LogP contribution in [0.3, 0.4) is 0 Å². The normalized spacial score (nSPS) is 27.2. The summed E-state index contributed by atoms with van der Waals surface area (Å²) in [6, 6.07) is 0. The summed E-state index contributed by atoms with van der Waals surface area (Å²) < 4.78 is 7.36. The lowest BCUT2D eigenvalue weighted by atomic mass is 9.96. The maximum Gasteiger partial charge on any atom is 0.0871 e. The molecule has 1 N–H and O–H groups in total. The van der Waals surface area contributed by atoms with Crippen LogP contribution in [0.1, 0.15) is 38.4 Å². The van der Waals surface area contributed by atoms with Gasteiger partial charge in [-0.2, -0.15) is 5.10 Å². The van der Waals surface area contributed by atoms with Crippen molar-refractivity contribution in [1.29, 1.82) is 0 Å². The Balaban J connectivity index is 1.99. The molecule has 0 radical (unpaired) electrons. The molecule has 3 atom stereocenters. The molecule has 2 rings (SSSR count). The number of aliphatic hydroxyl groups is 1. The molecule has 0 aliphatic carbocycles. The van der Waals surface area contributed by atoms with Gasteiger partial charge in [0.05, 0.1) is 25.0 Å². The Labute approximate surface area is 96.2 Å². The monoisotopic (exact) mass is 224 g/mol. The van der Waals surface area contributed by atoms with Crippen molar-refractivity contribution in [1.82, 2.24) is 9.78 Å². The molecule has 1 fully saturated rings. The lowest BCUT2D eigenvalue weighted by Crippen LogP contribution is -2.12. The van der Waals surface area contributed by atoms with Crippen LogP contribution in [-0.4, -0.2) is 27.6 Å². The molecule has 4 nitrogen and oxygen atoms in total. The van der Waals surface area contributed by atoms with Gasteiger partial charge in [0.2, 0.25) is 0 Å². The molecule has 0 bridgehead atoms. The molecule has 90 valence electrons. The molecule has 3 unspecified atom stereocenters. The third-order valence-electron chi connectivity index (χ3n) is 3.12. The van der Waals surface area contributed by atoms with E-state index in [2.05, 4.69) is 12.0 Å². The Bertz CT molecular complexity index is 338. The lowest BCUT2D eigenvalue weighted by Gasteiger charge is -2.14. The first-order valence-corrected chi connectivity index (χ1v) is 6.02. The van der Waals surface area contributed by atoms with Crippen LogP contribution < -0.4 is 0 Å². The van der Waals surface area contributed by atoms with Crippen LogP contribution in [-0.2, 0) is 11.3 Å². The van der Waals surface area contributed by atoms with Crippen LogP contribution in [0.25, 0.3) is 0 Å². The van der Waals surface area contributed by atoms with Gasteiger partial charge in [0.15, 0.2) is 0 Å². The highest BCUT2D eigenvalue weighted by atomic mass is 16.5. The zero-order valence-electron chi connectivity index (χ0n) is 9.97. The van der Waals surface area contributed by atoms with E-state index in [-0.39, 0.29) is 12.0 Å². The van der Waals surface area contributed by atoms with Crippen molar-refractivity contribution < 1.29 is 9.84 Å². The highest BCUT2D eigenvalue weighted by Crippen LogP contribution is 2.31. The molecule has 16 heavy (non-hydrogen) atoms. The van der Waals surface area contributed by atoms with Gasteiger partial charge in [-0.25, -0.2) is 0 Å². The van der Waals surface area contributed by atoms with Crippen molar-refractivity contribution >= 4 is 0 Å². The number of hydrogen-bond donors (Lipinski definition) is 1. The standard InChI is InChI=1S/C12H20N2O2/c1-3-4-14-7-11(6-13-14)12(15)10-5-9(2)16-8-10/h6-7,9-10,12,15H,3-5,8H2,1-2H3. The Kier molecular flexibility index (Phi) is 3.61. The summed E-state index contributed by atoms with van der Waals surface area (Å²) in [5.74, 6) is 0.217. The molecule has 0 spiro atoms. The highest BCUT2D eigenvalue weighted by molar-refractivity contribution is 5.09. The first kappa shape index (κ1) is 11.6. The van der Waals surface area contributed by atoms with Crippen molar-refractivity contribution in [2.45, 2.75) is 45.4 Å². The van der Waals surface area contributed by atoms with E-state index in [1.165, 1.54) is 0 Å². The molecule has 0 amide bonds. The summed E-state index contributed by atoms with van der Waals surface area (Å²) in [5, 5.41) is 14.4. The van der Waals surface area contributed by atoms with E-state index in [9.17, 15) is 5.11 Å². The summed E-state index contributed by atoms with van der Waals surface area (Å²) in [4.78, 5) is 0. The fourth-order valence-corrected chi connectivity index (χ4v) is 2.23. The van der Waals surface area contributed by atoms with Gasteiger partial charge in [-0.3, -0.25) is 4.68 Å². The SMILES string of the molecule is CCCn1cc(C(O)C2COC(C)C2)cn1. The Hall–Kier alpha value is -0.870. The topological polar surface area (TPSA) is 47.3 Å². The fraction of sp³-hybridized carbons (Fsp3) is 0.750. The molecule has 1 aliphatic heterocycles. The molecular weight excluding hydrogens is 204 g/mol. The number of hydrogen-bond acceptors (Lipinski definition) is 3. The van der Waals surface area contributed by atoms with Crippen LogP contribution in [0.15, 0.2) is 12.4 Å². The highest BCUT2D eigenvalue weighted by Gasteiger charge is 2.29. The van der Waals surface area contributed by atoms with Gasteiger partial charge in [0, 0.05) is 24.2 Å². The quantitative estimate of drug-likeness (QED) is 0.847. The van der Waals surface area contributed by atoms with Crippen LogP contribution in [0.4, 0.5) is 0 Å². The third-order valence-corrected chi connectivity index (χ3v) is 3.12. The fourth-order valence-electron chi connectivity index (χ4n) is 2.23. The Morgan fingerprint density at radius 2 is 2.50 bits per heavy atom. The van der Waals surface area contributed by atoms with Crippen molar-refractivity contribution in [2.24, 2.45) is 5.92 Å². The smallest absolute Gasteiger partial charge is 0.0871 e. The second-order valence-corrected chi connectivity index (χ2v) is 4.62. The minimum Gasteiger partial charge on any atom is -0.388 e. The average Bonchev–Trinajstić information content (AvgIpc) is 2.87. The third kappa shape index (κ3) is 2.44. The number of ether oxygens (including phenoxy) is 1. The second-order valence-electron chi connectivity index (χ2n) is 4.62. The van der Waals surface area contributed by atoms with E-state index in [4.69, 9.17) is 4.74 Å². The number of aromatic nitrogens is 2. The maximum absolute atomic E-state index is 10.2. The first-order valence-electron chi connectivity index (χ1n) is 6.02. The number of rotatable bonds is 4. The van der Waals surface area contributed by atoms with Crippen LogP contribution in [0.2, 0.25) is 0 Å². The molecule has 1 aromatic rings. The van der Waals surface area contributed by atoms with Gasteiger partial charge in [-0.05, 0) is 19.8 Å². The predicted molar refractivity (Wildman–Crippen MR) is 61.0 cm³/mol. The van der Waals surface area contributed by atoms with Crippen molar-refractivity contribution in [3.8, 4) is 0 Å². The van der Waals surface area contributed by atoms with Gasteiger partial charge >= 0.3 is 0 Å². The van der Waals surface area contributed by atoms with Gasteiger partial charge < -0.3 is 9.84 Å². The Morgan fingerprint density at radius 1 is 1.69 bits per heavy atom. The summed E-state index contributed by atoms with van der Waals surface area (Å²) in [7, 11) is 0. The van der Waals surface area contributed by atoms with Gasteiger partial charge in [0.25, 0.3) is 0 Å². The van der Waals surface area contributed by atoms with Crippen molar-refractivity contribution in [3.05, 3.63) is 18.0 Å². The van der Waals surface area contributed by atoms with Crippen molar-refractivity contribution in [3.63, 3.8) is 0 Å². The second kappa shape index (κ2) is 4.97. The Morgan fingerprint density at radius 3 is 3.12 bits per heavy atom. The molecule has 4 heteroatoms. The molecule has 1 aliphatic rings. The average molecular weight is 224 g/mol. The number of aliphatic hydroxyl groups excluding tert-OH is 1. The minimum atomic E-state index is -0.435. The summed E-state index contributed by atoms with van der Waals surface area (Å²) in [6.45, 7) is 5.73. The molecule has 1 saturated heterocycles. The van der Waals surface area contributed by atoms with Crippen LogP contribution in [0, 0.1) is 5.92 Å².